The van der Waals surface area contributed by atoms with Gasteiger partial charge in [0, 0.05) is 26.9 Å². The van der Waals surface area contributed by atoms with E-state index in [4.69, 9.17) is 19.9 Å². The van der Waals surface area contributed by atoms with Crippen molar-refractivity contribution in [1.82, 2.24) is 5.32 Å². The molecule has 0 aliphatic carbocycles. The number of likely N-dealkylation sites (N-methyl/N-ethyl adjacent to an activating group) is 1. The Hall–Kier alpha value is -0.690. The van der Waals surface area contributed by atoms with Gasteiger partial charge in [0.2, 0.25) is 5.91 Å². The normalized spacial score (nSPS) is 14.2. The number of hydrogen-bond acceptors (Lipinski definition) is 5. The molecular formula is C14H30N2O4. The van der Waals surface area contributed by atoms with Crippen LogP contribution in [0.3, 0.4) is 0 Å². The molecule has 120 valence electrons. The first-order valence-electron chi connectivity index (χ1n) is 7.20. The van der Waals surface area contributed by atoms with Crippen LogP contribution in [0.1, 0.15) is 32.6 Å². The second-order valence-corrected chi connectivity index (χ2v) is 4.97. The first-order chi connectivity index (χ1) is 9.56. The Morgan fingerprint density at radius 2 is 1.65 bits per heavy atom. The first-order valence-corrected chi connectivity index (χ1v) is 7.20. The van der Waals surface area contributed by atoms with Crippen LogP contribution in [-0.4, -0.2) is 58.6 Å². The van der Waals surface area contributed by atoms with Gasteiger partial charge in [0.15, 0.2) is 0 Å². The van der Waals surface area contributed by atoms with E-state index in [0.717, 1.165) is 32.3 Å². The minimum Gasteiger partial charge on any atom is -0.385 e. The minimum absolute atomic E-state index is 0.314. The average molecular weight is 290 g/mol. The Morgan fingerprint density at radius 1 is 1.05 bits per heavy atom. The van der Waals surface area contributed by atoms with Crippen molar-refractivity contribution in [3.63, 3.8) is 0 Å². The van der Waals surface area contributed by atoms with E-state index in [9.17, 15) is 4.79 Å². The van der Waals surface area contributed by atoms with Crippen LogP contribution in [0.4, 0.5) is 0 Å². The molecule has 1 unspecified atom stereocenters. The summed E-state index contributed by atoms with van der Waals surface area (Å²) in [4.78, 5) is 11.3. The highest BCUT2D eigenvalue weighted by Gasteiger charge is 2.27. The van der Waals surface area contributed by atoms with Crippen molar-refractivity contribution in [2.24, 2.45) is 5.73 Å². The van der Waals surface area contributed by atoms with Gasteiger partial charge in [-0.1, -0.05) is 0 Å². The maximum atomic E-state index is 11.3. The lowest BCUT2D eigenvalue weighted by Crippen LogP contribution is -2.51. The van der Waals surface area contributed by atoms with E-state index in [1.165, 1.54) is 0 Å². The number of nitrogens with one attached hydrogen (secondary N) is 1. The second-order valence-electron chi connectivity index (χ2n) is 4.97. The van der Waals surface area contributed by atoms with Crippen molar-refractivity contribution < 1.29 is 19.0 Å². The maximum absolute atomic E-state index is 11.3. The molecule has 0 spiro atoms. The third-order valence-corrected chi connectivity index (χ3v) is 3.32. The highest BCUT2D eigenvalue weighted by molar-refractivity contribution is 5.84. The number of methoxy groups -OCH3 is 1. The molecule has 6 nitrogen and oxygen atoms in total. The largest absolute Gasteiger partial charge is 0.385 e. The summed E-state index contributed by atoms with van der Waals surface area (Å²) in [5.74, 6) is -0.314. The number of amides is 1. The van der Waals surface area contributed by atoms with Gasteiger partial charge in [-0.15, -0.1) is 0 Å². The van der Waals surface area contributed by atoms with E-state index >= 15 is 0 Å². The Morgan fingerprint density at radius 3 is 2.15 bits per heavy atom. The number of primary amides is 1. The topological polar surface area (TPSA) is 82.8 Å². The Kier molecular flexibility index (Phi) is 11.7. The van der Waals surface area contributed by atoms with Crippen molar-refractivity contribution in [2.75, 3.05) is 47.2 Å². The molecule has 0 saturated heterocycles. The standard InChI is InChI=1S/C14H30N2O4/c1-14(16-2,13(15)17)7-4-5-9-19-11-12-20-10-6-8-18-3/h16H,4-12H2,1-3H3,(H2,15,17). The van der Waals surface area contributed by atoms with Crippen LogP contribution in [0.25, 0.3) is 0 Å². The summed E-state index contributed by atoms with van der Waals surface area (Å²) in [5, 5.41) is 2.97. The SMILES string of the molecule is CNC(C)(CCCCOCCOCCCOC)C(N)=O. The van der Waals surface area contributed by atoms with Crippen LogP contribution in [0, 0.1) is 0 Å². The molecule has 0 aliphatic rings. The number of nitrogens with two attached hydrogens (primary N) is 1. The molecule has 1 amide bonds. The fraction of sp³-hybridized carbons (Fsp3) is 0.929. The van der Waals surface area contributed by atoms with Gasteiger partial charge in [0.25, 0.3) is 0 Å². The summed E-state index contributed by atoms with van der Waals surface area (Å²) in [7, 11) is 3.43. The summed E-state index contributed by atoms with van der Waals surface area (Å²) >= 11 is 0. The highest BCUT2D eigenvalue weighted by atomic mass is 16.5. The molecule has 0 fully saturated rings. The number of ether oxygens (including phenoxy) is 3. The summed E-state index contributed by atoms with van der Waals surface area (Å²) in [6.07, 6.45) is 3.44. The van der Waals surface area contributed by atoms with Crippen molar-refractivity contribution in [3.05, 3.63) is 0 Å². The lowest BCUT2D eigenvalue weighted by Gasteiger charge is -2.25. The molecule has 3 N–H and O–H groups in total. The second kappa shape index (κ2) is 12.1. The van der Waals surface area contributed by atoms with E-state index in [1.807, 2.05) is 6.92 Å². The minimum atomic E-state index is -0.621. The predicted molar refractivity (Wildman–Crippen MR) is 78.6 cm³/mol. The van der Waals surface area contributed by atoms with Gasteiger partial charge < -0.3 is 25.3 Å². The molecular weight excluding hydrogens is 260 g/mol. The van der Waals surface area contributed by atoms with Crippen molar-refractivity contribution in [1.29, 1.82) is 0 Å². The Bertz CT molecular complexity index is 251. The summed E-state index contributed by atoms with van der Waals surface area (Å²) in [6, 6.07) is 0. The van der Waals surface area contributed by atoms with Gasteiger partial charge in [-0.05, 0) is 39.7 Å². The van der Waals surface area contributed by atoms with Crippen LogP contribution in [0.5, 0.6) is 0 Å². The molecule has 0 rings (SSSR count). The van der Waals surface area contributed by atoms with Gasteiger partial charge in [0.1, 0.15) is 0 Å². The van der Waals surface area contributed by atoms with E-state index in [2.05, 4.69) is 5.32 Å². The van der Waals surface area contributed by atoms with E-state index in [1.54, 1.807) is 14.2 Å². The van der Waals surface area contributed by atoms with Gasteiger partial charge in [-0.25, -0.2) is 0 Å². The lowest BCUT2D eigenvalue weighted by atomic mass is 9.94. The monoisotopic (exact) mass is 290 g/mol. The molecule has 0 heterocycles. The van der Waals surface area contributed by atoms with Crippen LogP contribution in [0.15, 0.2) is 0 Å². The molecule has 0 aromatic heterocycles. The zero-order valence-electron chi connectivity index (χ0n) is 13.1. The molecule has 0 bridgehead atoms. The Balaban J connectivity index is 3.34. The van der Waals surface area contributed by atoms with Crippen LogP contribution in [-0.2, 0) is 19.0 Å². The van der Waals surface area contributed by atoms with Crippen LogP contribution in [0.2, 0.25) is 0 Å². The highest BCUT2D eigenvalue weighted by Crippen LogP contribution is 2.12. The molecule has 6 heteroatoms. The van der Waals surface area contributed by atoms with Crippen molar-refractivity contribution in [2.45, 2.75) is 38.1 Å². The van der Waals surface area contributed by atoms with Gasteiger partial charge >= 0.3 is 0 Å². The van der Waals surface area contributed by atoms with E-state index < -0.39 is 5.54 Å². The van der Waals surface area contributed by atoms with Crippen molar-refractivity contribution in [3.8, 4) is 0 Å². The third kappa shape index (κ3) is 9.25. The van der Waals surface area contributed by atoms with Gasteiger partial charge in [0.05, 0.1) is 18.8 Å². The lowest BCUT2D eigenvalue weighted by molar-refractivity contribution is -0.123. The Labute approximate surface area is 122 Å². The number of hydrogen-bond donors (Lipinski definition) is 2. The molecule has 0 aromatic carbocycles. The quantitative estimate of drug-likeness (QED) is 0.460. The smallest absolute Gasteiger partial charge is 0.237 e. The average Bonchev–Trinajstić information content (AvgIpc) is 2.44. The number of unbranched alkanes of at least 4 members (excludes halogenated alkanes) is 1. The summed E-state index contributed by atoms with van der Waals surface area (Å²) in [6.45, 7) is 5.15. The fourth-order valence-corrected chi connectivity index (χ4v) is 1.68. The number of rotatable bonds is 14. The third-order valence-electron chi connectivity index (χ3n) is 3.32. The molecule has 0 saturated carbocycles. The van der Waals surface area contributed by atoms with Crippen LogP contribution >= 0.6 is 0 Å². The van der Waals surface area contributed by atoms with Gasteiger partial charge in [-0.3, -0.25) is 4.79 Å². The number of carbonyl (C=O) groups is 1. The summed E-state index contributed by atoms with van der Waals surface area (Å²) < 4.78 is 15.7. The van der Waals surface area contributed by atoms with Crippen LogP contribution < -0.4 is 11.1 Å². The molecule has 0 aromatic rings. The maximum Gasteiger partial charge on any atom is 0.237 e. The predicted octanol–water partition coefficient (Wildman–Crippen LogP) is 0.690. The van der Waals surface area contributed by atoms with Crippen molar-refractivity contribution >= 4 is 5.91 Å². The van der Waals surface area contributed by atoms with E-state index in [0.29, 0.717) is 26.4 Å². The molecule has 20 heavy (non-hydrogen) atoms. The van der Waals surface area contributed by atoms with Gasteiger partial charge in [-0.2, -0.15) is 0 Å². The zero-order chi connectivity index (χ0) is 15.3. The summed E-state index contributed by atoms with van der Waals surface area (Å²) in [5.41, 5.74) is 4.73. The fourth-order valence-electron chi connectivity index (χ4n) is 1.68. The molecule has 0 radical (unpaired) electrons. The van der Waals surface area contributed by atoms with E-state index in [-0.39, 0.29) is 5.91 Å². The number of carbonyl (C=O) groups excluding carboxylic acids is 1. The molecule has 0 aliphatic heterocycles. The zero-order valence-corrected chi connectivity index (χ0v) is 13.1. The molecule has 1 atom stereocenters. The first kappa shape index (κ1) is 19.3.